The summed E-state index contributed by atoms with van der Waals surface area (Å²) in [5.74, 6) is 0.508. The predicted octanol–water partition coefficient (Wildman–Crippen LogP) is 3.48. The molecule has 0 aliphatic rings. The molecule has 3 aromatic carbocycles. The first-order chi connectivity index (χ1) is 17.0. The van der Waals surface area contributed by atoms with Crippen molar-refractivity contribution in [3.8, 4) is 11.5 Å². The van der Waals surface area contributed by atoms with Gasteiger partial charge in [-0.15, -0.1) is 12.6 Å². The van der Waals surface area contributed by atoms with Crippen molar-refractivity contribution in [2.75, 3.05) is 26.9 Å². The first kappa shape index (κ1) is 25.9. The van der Waals surface area contributed by atoms with Gasteiger partial charge >= 0.3 is 0 Å². The van der Waals surface area contributed by atoms with Gasteiger partial charge in [0.2, 0.25) is 0 Å². The summed E-state index contributed by atoms with van der Waals surface area (Å²) in [6, 6.07) is 21.6. The van der Waals surface area contributed by atoms with Gasteiger partial charge in [-0.3, -0.25) is 9.59 Å². The van der Waals surface area contributed by atoms with Crippen LogP contribution in [0.5, 0.6) is 11.5 Å². The highest BCUT2D eigenvalue weighted by Crippen LogP contribution is 2.16. The second kappa shape index (κ2) is 13.2. The number of rotatable bonds is 11. The van der Waals surface area contributed by atoms with Crippen LogP contribution >= 0.6 is 12.6 Å². The molecule has 0 aliphatic carbocycles. The van der Waals surface area contributed by atoms with Gasteiger partial charge in [0.1, 0.15) is 17.2 Å². The van der Waals surface area contributed by atoms with E-state index in [-0.39, 0.29) is 18.8 Å². The SMILES string of the molecule is COc1ccc(CCOc2ccc(C(=O)N/C(=C\c3ccc(S)cc3)C(=O)NCCO)cc2)cc1. The highest BCUT2D eigenvalue weighted by molar-refractivity contribution is 7.80. The Kier molecular flexibility index (Phi) is 9.77. The monoisotopic (exact) mass is 492 g/mol. The van der Waals surface area contributed by atoms with Crippen molar-refractivity contribution in [1.29, 1.82) is 0 Å². The van der Waals surface area contributed by atoms with Gasteiger partial charge in [0, 0.05) is 23.4 Å². The molecule has 35 heavy (non-hydrogen) atoms. The molecule has 0 spiro atoms. The third-order valence-corrected chi connectivity index (χ3v) is 5.33. The molecule has 3 aromatic rings. The first-order valence-corrected chi connectivity index (χ1v) is 11.5. The Morgan fingerprint density at radius 3 is 2.23 bits per heavy atom. The van der Waals surface area contributed by atoms with Crippen molar-refractivity contribution in [1.82, 2.24) is 10.6 Å². The van der Waals surface area contributed by atoms with Crippen molar-refractivity contribution < 1.29 is 24.2 Å². The zero-order chi connectivity index (χ0) is 25.0. The van der Waals surface area contributed by atoms with Crippen LogP contribution in [0.4, 0.5) is 0 Å². The molecule has 0 aromatic heterocycles. The van der Waals surface area contributed by atoms with E-state index >= 15 is 0 Å². The van der Waals surface area contributed by atoms with Gasteiger partial charge in [0.05, 0.1) is 20.3 Å². The van der Waals surface area contributed by atoms with Crippen molar-refractivity contribution in [2.24, 2.45) is 0 Å². The van der Waals surface area contributed by atoms with Crippen LogP contribution in [0.3, 0.4) is 0 Å². The van der Waals surface area contributed by atoms with Crippen LogP contribution in [0.2, 0.25) is 0 Å². The number of carbonyl (C=O) groups excluding carboxylic acids is 2. The van der Waals surface area contributed by atoms with E-state index in [1.54, 1.807) is 61.7 Å². The number of carbonyl (C=O) groups is 2. The molecule has 0 unspecified atom stereocenters. The van der Waals surface area contributed by atoms with Crippen molar-refractivity contribution in [3.63, 3.8) is 0 Å². The quantitative estimate of drug-likeness (QED) is 0.243. The number of methoxy groups -OCH3 is 1. The summed E-state index contributed by atoms with van der Waals surface area (Å²) in [7, 11) is 1.63. The Bertz CT molecular complexity index is 1140. The highest BCUT2D eigenvalue weighted by Gasteiger charge is 2.14. The molecule has 0 heterocycles. The number of ether oxygens (including phenoxy) is 2. The molecule has 0 atom stereocenters. The molecule has 0 bridgehead atoms. The smallest absolute Gasteiger partial charge is 0.267 e. The van der Waals surface area contributed by atoms with Gasteiger partial charge < -0.3 is 25.2 Å². The summed E-state index contributed by atoms with van der Waals surface area (Å²) in [5, 5.41) is 14.2. The Balaban J connectivity index is 1.61. The van der Waals surface area contributed by atoms with E-state index in [9.17, 15) is 9.59 Å². The third kappa shape index (κ3) is 8.20. The number of amides is 2. The number of hydrogen-bond donors (Lipinski definition) is 4. The average Bonchev–Trinajstić information content (AvgIpc) is 2.89. The highest BCUT2D eigenvalue weighted by atomic mass is 32.1. The number of aliphatic hydroxyl groups is 1. The van der Waals surface area contributed by atoms with E-state index in [0.29, 0.717) is 17.9 Å². The summed E-state index contributed by atoms with van der Waals surface area (Å²) >= 11 is 4.26. The molecule has 0 saturated carbocycles. The minimum Gasteiger partial charge on any atom is -0.497 e. The van der Waals surface area contributed by atoms with Crippen LogP contribution in [0.15, 0.2) is 83.4 Å². The van der Waals surface area contributed by atoms with E-state index in [2.05, 4.69) is 23.3 Å². The minimum atomic E-state index is -0.499. The van der Waals surface area contributed by atoms with Crippen molar-refractivity contribution in [2.45, 2.75) is 11.3 Å². The molecular formula is C27H28N2O5S. The number of nitrogens with one attached hydrogen (secondary N) is 2. The molecule has 3 N–H and O–H groups in total. The van der Waals surface area contributed by atoms with Crippen LogP contribution < -0.4 is 20.1 Å². The lowest BCUT2D eigenvalue weighted by Gasteiger charge is -2.11. The average molecular weight is 493 g/mol. The van der Waals surface area contributed by atoms with E-state index in [1.165, 1.54) is 0 Å². The van der Waals surface area contributed by atoms with E-state index in [4.69, 9.17) is 14.6 Å². The van der Waals surface area contributed by atoms with Crippen LogP contribution in [0.25, 0.3) is 6.08 Å². The van der Waals surface area contributed by atoms with Gasteiger partial charge in [-0.1, -0.05) is 24.3 Å². The van der Waals surface area contributed by atoms with Crippen LogP contribution in [-0.4, -0.2) is 43.8 Å². The van der Waals surface area contributed by atoms with E-state index in [0.717, 1.165) is 28.2 Å². The van der Waals surface area contributed by atoms with Crippen LogP contribution in [-0.2, 0) is 11.2 Å². The Labute approximate surface area is 210 Å². The maximum Gasteiger partial charge on any atom is 0.267 e. The van der Waals surface area contributed by atoms with Crippen LogP contribution in [0.1, 0.15) is 21.5 Å². The summed E-state index contributed by atoms with van der Waals surface area (Å²) in [6.07, 6.45) is 2.30. The standard InChI is InChI=1S/C27H28N2O5S/c1-33-22-8-2-19(3-9-22)14-17-34-23-10-6-21(7-11-23)26(31)29-25(27(32)28-15-16-30)18-20-4-12-24(35)13-5-20/h2-13,18,30,35H,14-17H2,1H3,(H,28,32)(H,29,31)/b25-18-. The predicted molar refractivity (Wildman–Crippen MR) is 138 cm³/mol. The van der Waals surface area contributed by atoms with Gasteiger partial charge in [0.15, 0.2) is 0 Å². The third-order valence-electron chi connectivity index (χ3n) is 5.03. The zero-order valence-electron chi connectivity index (χ0n) is 19.4. The molecule has 7 nitrogen and oxygen atoms in total. The fourth-order valence-electron chi connectivity index (χ4n) is 3.14. The number of aliphatic hydroxyl groups excluding tert-OH is 1. The number of benzene rings is 3. The molecule has 0 saturated heterocycles. The number of thiol groups is 1. The molecule has 2 amide bonds. The molecule has 182 valence electrons. The van der Waals surface area contributed by atoms with Crippen molar-refractivity contribution >= 4 is 30.5 Å². The molecular weight excluding hydrogens is 464 g/mol. The fraction of sp³-hybridized carbons (Fsp3) is 0.185. The van der Waals surface area contributed by atoms with Gasteiger partial charge in [0.25, 0.3) is 11.8 Å². The first-order valence-electron chi connectivity index (χ1n) is 11.1. The lowest BCUT2D eigenvalue weighted by molar-refractivity contribution is -0.117. The van der Waals surface area contributed by atoms with Crippen LogP contribution in [0, 0.1) is 0 Å². The van der Waals surface area contributed by atoms with Gasteiger partial charge in [-0.05, 0) is 65.7 Å². The normalized spacial score (nSPS) is 11.0. The van der Waals surface area contributed by atoms with E-state index in [1.807, 2.05) is 24.3 Å². The minimum absolute atomic E-state index is 0.0650. The lowest BCUT2D eigenvalue weighted by atomic mass is 10.1. The second-order valence-corrected chi connectivity index (χ2v) is 8.07. The maximum absolute atomic E-state index is 12.8. The Hall–Kier alpha value is -3.75. The van der Waals surface area contributed by atoms with Gasteiger partial charge in [-0.25, -0.2) is 0 Å². The molecule has 0 aliphatic heterocycles. The number of hydrogen-bond acceptors (Lipinski definition) is 6. The Morgan fingerprint density at radius 2 is 1.60 bits per heavy atom. The molecule has 8 heteroatoms. The summed E-state index contributed by atoms with van der Waals surface area (Å²) < 4.78 is 10.9. The van der Waals surface area contributed by atoms with E-state index < -0.39 is 11.8 Å². The largest absolute Gasteiger partial charge is 0.497 e. The summed E-state index contributed by atoms with van der Waals surface area (Å²) in [6.45, 7) is 0.353. The van der Waals surface area contributed by atoms with Gasteiger partial charge in [-0.2, -0.15) is 0 Å². The topological polar surface area (TPSA) is 96.9 Å². The molecule has 3 rings (SSSR count). The molecule has 0 radical (unpaired) electrons. The summed E-state index contributed by atoms with van der Waals surface area (Å²) in [4.78, 5) is 26.1. The fourth-order valence-corrected chi connectivity index (χ4v) is 3.29. The lowest BCUT2D eigenvalue weighted by Crippen LogP contribution is -2.36. The maximum atomic E-state index is 12.8. The Morgan fingerprint density at radius 1 is 0.943 bits per heavy atom. The zero-order valence-corrected chi connectivity index (χ0v) is 20.3. The molecule has 0 fully saturated rings. The van der Waals surface area contributed by atoms with Crippen molar-refractivity contribution in [3.05, 3.63) is 95.2 Å². The summed E-state index contributed by atoms with van der Waals surface area (Å²) in [5.41, 5.74) is 2.29. The second-order valence-electron chi connectivity index (χ2n) is 7.55.